The molecule has 1 atom stereocenters. The Morgan fingerprint density at radius 2 is 1.85 bits per heavy atom. The first-order chi connectivity index (χ1) is 16.0. The molecule has 3 rings (SSSR count). The lowest BCUT2D eigenvalue weighted by molar-refractivity contribution is -0.141. The zero-order valence-electron chi connectivity index (χ0n) is 19.7. The maximum atomic E-state index is 13.4. The number of rotatable bonds is 10. The molecular weight excluding hydrogens is 452 g/mol. The van der Waals surface area contributed by atoms with E-state index in [1.807, 2.05) is 56.3 Å². The summed E-state index contributed by atoms with van der Waals surface area (Å²) in [6, 6.07) is 15.6. The van der Waals surface area contributed by atoms with Gasteiger partial charge >= 0.3 is 0 Å². The number of halogens is 1. The van der Waals surface area contributed by atoms with Crippen LogP contribution in [0.25, 0.3) is 0 Å². The SMILES string of the molecule is CC[C@H](C(=O)NC1CCCCC1)N(Cc1cccc(C)c1)C(=O)CCSc1ccc(Cl)cc1. The summed E-state index contributed by atoms with van der Waals surface area (Å²) in [7, 11) is 0. The lowest BCUT2D eigenvalue weighted by Gasteiger charge is -2.33. The summed E-state index contributed by atoms with van der Waals surface area (Å²) in [4.78, 5) is 29.5. The molecule has 6 heteroatoms. The first-order valence-electron chi connectivity index (χ1n) is 12.0. The van der Waals surface area contributed by atoms with Gasteiger partial charge in [-0.2, -0.15) is 0 Å². The van der Waals surface area contributed by atoms with Crippen LogP contribution in [0.1, 0.15) is 63.0 Å². The third-order valence-electron chi connectivity index (χ3n) is 6.17. The third-order valence-corrected chi connectivity index (χ3v) is 7.44. The molecule has 0 radical (unpaired) electrons. The summed E-state index contributed by atoms with van der Waals surface area (Å²) in [5.74, 6) is 0.658. The Hall–Kier alpha value is -1.98. The molecule has 4 nitrogen and oxygen atoms in total. The number of carbonyl (C=O) groups is 2. The van der Waals surface area contributed by atoms with Gasteiger partial charge in [-0.15, -0.1) is 11.8 Å². The molecule has 1 N–H and O–H groups in total. The molecule has 2 amide bonds. The summed E-state index contributed by atoms with van der Waals surface area (Å²) in [5.41, 5.74) is 2.20. The van der Waals surface area contributed by atoms with Gasteiger partial charge < -0.3 is 10.2 Å². The van der Waals surface area contributed by atoms with Crippen LogP contribution >= 0.6 is 23.4 Å². The van der Waals surface area contributed by atoms with Crippen molar-refractivity contribution in [3.05, 3.63) is 64.7 Å². The summed E-state index contributed by atoms with van der Waals surface area (Å²) in [5, 5.41) is 3.94. The Kier molecular flexibility index (Phi) is 10.1. The van der Waals surface area contributed by atoms with Crippen LogP contribution < -0.4 is 5.32 Å². The zero-order valence-corrected chi connectivity index (χ0v) is 21.3. The first kappa shape index (κ1) is 25.6. The van der Waals surface area contributed by atoms with Crippen LogP contribution in [0.2, 0.25) is 5.02 Å². The maximum absolute atomic E-state index is 13.4. The predicted molar refractivity (Wildman–Crippen MR) is 138 cm³/mol. The van der Waals surface area contributed by atoms with Gasteiger partial charge in [-0.05, 0) is 56.0 Å². The van der Waals surface area contributed by atoms with Crippen molar-refractivity contribution in [3.8, 4) is 0 Å². The molecule has 2 aromatic rings. The van der Waals surface area contributed by atoms with Crippen molar-refractivity contribution in [2.45, 2.75) is 82.3 Å². The van der Waals surface area contributed by atoms with E-state index in [0.29, 0.717) is 30.2 Å². The van der Waals surface area contributed by atoms with E-state index in [1.165, 1.54) is 6.42 Å². The topological polar surface area (TPSA) is 49.4 Å². The number of benzene rings is 2. The van der Waals surface area contributed by atoms with Gasteiger partial charge in [0.25, 0.3) is 0 Å². The number of hydrogen-bond acceptors (Lipinski definition) is 3. The molecule has 0 saturated heterocycles. The van der Waals surface area contributed by atoms with Crippen molar-refractivity contribution >= 4 is 35.2 Å². The van der Waals surface area contributed by atoms with Gasteiger partial charge in [0.2, 0.25) is 11.8 Å². The fraction of sp³-hybridized carbons (Fsp3) is 0.481. The van der Waals surface area contributed by atoms with Gasteiger partial charge in [-0.3, -0.25) is 9.59 Å². The van der Waals surface area contributed by atoms with Crippen LogP contribution in [0, 0.1) is 6.92 Å². The van der Waals surface area contributed by atoms with Crippen LogP contribution in [-0.4, -0.2) is 34.6 Å². The third kappa shape index (κ3) is 8.08. The van der Waals surface area contributed by atoms with E-state index in [0.717, 1.165) is 41.7 Å². The van der Waals surface area contributed by atoms with Gasteiger partial charge in [0.15, 0.2) is 0 Å². The number of nitrogens with zero attached hydrogens (tertiary/aromatic N) is 1. The van der Waals surface area contributed by atoms with Gasteiger partial charge in [0.05, 0.1) is 0 Å². The van der Waals surface area contributed by atoms with Crippen molar-refractivity contribution in [2.75, 3.05) is 5.75 Å². The number of aryl methyl sites for hydroxylation is 1. The summed E-state index contributed by atoms with van der Waals surface area (Å²) < 4.78 is 0. The van der Waals surface area contributed by atoms with Gasteiger partial charge in [0, 0.05) is 34.7 Å². The highest BCUT2D eigenvalue weighted by molar-refractivity contribution is 7.99. The quantitative estimate of drug-likeness (QED) is 0.396. The van der Waals surface area contributed by atoms with E-state index in [-0.39, 0.29) is 17.9 Å². The van der Waals surface area contributed by atoms with E-state index in [9.17, 15) is 9.59 Å². The Bertz CT molecular complexity index is 913. The van der Waals surface area contributed by atoms with Gasteiger partial charge in [0.1, 0.15) is 6.04 Å². The number of thioether (sulfide) groups is 1. The zero-order chi connectivity index (χ0) is 23.6. The minimum atomic E-state index is -0.458. The van der Waals surface area contributed by atoms with E-state index < -0.39 is 6.04 Å². The fourth-order valence-electron chi connectivity index (χ4n) is 4.40. The molecule has 178 valence electrons. The molecule has 0 aromatic heterocycles. The number of hydrogen-bond donors (Lipinski definition) is 1. The lowest BCUT2D eigenvalue weighted by Crippen LogP contribution is -2.51. The van der Waals surface area contributed by atoms with Crippen LogP contribution in [0.15, 0.2) is 53.4 Å². The van der Waals surface area contributed by atoms with Crippen molar-refractivity contribution in [2.24, 2.45) is 0 Å². The summed E-state index contributed by atoms with van der Waals surface area (Å²) >= 11 is 7.60. The molecule has 0 aliphatic heterocycles. The highest BCUT2D eigenvalue weighted by Crippen LogP contribution is 2.23. The standard InChI is InChI=1S/C27H35ClN2O2S/c1-3-25(27(32)29-23-10-5-4-6-11-23)30(19-21-9-7-8-20(2)18-21)26(31)16-17-33-24-14-12-22(28)13-15-24/h7-9,12-15,18,23,25H,3-6,10-11,16-17,19H2,1-2H3,(H,29,32)/t25-/m1/s1. The maximum Gasteiger partial charge on any atom is 0.243 e. The first-order valence-corrected chi connectivity index (χ1v) is 13.4. The number of amides is 2. The second-order valence-corrected chi connectivity index (χ2v) is 10.4. The Balaban J connectivity index is 1.69. The Morgan fingerprint density at radius 3 is 2.52 bits per heavy atom. The van der Waals surface area contributed by atoms with E-state index >= 15 is 0 Å². The summed E-state index contributed by atoms with van der Waals surface area (Å²) in [6.07, 6.45) is 6.61. The van der Waals surface area contributed by atoms with Crippen molar-refractivity contribution in [1.29, 1.82) is 0 Å². The smallest absolute Gasteiger partial charge is 0.243 e. The van der Waals surface area contributed by atoms with Crippen LogP contribution in [-0.2, 0) is 16.1 Å². The average molecular weight is 487 g/mol. The molecule has 33 heavy (non-hydrogen) atoms. The predicted octanol–water partition coefficient (Wildman–Crippen LogP) is 6.39. The molecule has 1 saturated carbocycles. The number of carbonyl (C=O) groups excluding carboxylic acids is 2. The minimum Gasteiger partial charge on any atom is -0.352 e. The average Bonchev–Trinajstić information content (AvgIpc) is 2.81. The van der Waals surface area contributed by atoms with Crippen LogP contribution in [0.3, 0.4) is 0 Å². The summed E-state index contributed by atoms with van der Waals surface area (Å²) in [6.45, 7) is 4.48. The second kappa shape index (κ2) is 13.0. The molecule has 0 heterocycles. The fourth-order valence-corrected chi connectivity index (χ4v) is 5.37. The van der Waals surface area contributed by atoms with Gasteiger partial charge in [-0.25, -0.2) is 0 Å². The van der Waals surface area contributed by atoms with Crippen LogP contribution in [0.4, 0.5) is 0 Å². The molecule has 2 aromatic carbocycles. The highest BCUT2D eigenvalue weighted by Gasteiger charge is 2.30. The van der Waals surface area contributed by atoms with Crippen molar-refractivity contribution < 1.29 is 9.59 Å². The number of nitrogens with one attached hydrogen (secondary N) is 1. The lowest BCUT2D eigenvalue weighted by atomic mass is 9.95. The Labute approximate surface area is 207 Å². The molecule has 0 bridgehead atoms. The minimum absolute atomic E-state index is 0.0172. The molecule has 1 fully saturated rings. The molecule has 1 aliphatic carbocycles. The van der Waals surface area contributed by atoms with Crippen molar-refractivity contribution in [3.63, 3.8) is 0 Å². The van der Waals surface area contributed by atoms with E-state index in [4.69, 9.17) is 11.6 Å². The van der Waals surface area contributed by atoms with Gasteiger partial charge in [-0.1, -0.05) is 67.6 Å². The second-order valence-electron chi connectivity index (χ2n) is 8.83. The van der Waals surface area contributed by atoms with Crippen LogP contribution in [0.5, 0.6) is 0 Å². The molecule has 0 unspecified atom stereocenters. The van der Waals surface area contributed by atoms with E-state index in [2.05, 4.69) is 11.4 Å². The molecule has 0 spiro atoms. The normalized spacial score (nSPS) is 15.1. The molecular formula is C27H35ClN2O2S. The van der Waals surface area contributed by atoms with E-state index in [1.54, 1.807) is 16.7 Å². The molecule has 1 aliphatic rings. The highest BCUT2D eigenvalue weighted by atomic mass is 35.5. The van der Waals surface area contributed by atoms with Crippen molar-refractivity contribution in [1.82, 2.24) is 10.2 Å². The monoisotopic (exact) mass is 486 g/mol. The largest absolute Gasteiger partial charge is 0.352 e. The Morgan fingerprint density at radius 1 is 1.12 bits per heavy atom.